The molecule has 1 aliphatic rings. The number of hydrogen-bond acceptors (Lipinski definition) is 3. The van der Waals surface area contributed by atoms with E-state index in [9.17, 15) is 9.59 Å². The molecule has 1 amide bonds. The van der Waals surface area contributed by atoms with Gasteiger partial charge in [-0.2, -0.15) is 0 Å². The fourth-order valence-corrected chi connectivity index (χ4v) is 3.13. The molecule has 0 spiro atoms. The molecule has 0 bridgehead atoms. The first-order chi connectivity index (χ1) is 11.5. The predicted molar refractivity (Wildman–Crippen MR) is 96.5 cm³/mol. The van der Waals surface area contributed by atoms with Crippen molar-refractivity contribution in [2.75, 3.05) is 4.90 Å². The number of benzene rings is 2. The van der Waals surface area contributed by atoms with Crippen molar-refractivity contribution in [3.05, 3.63) is 65.7 Å². The first-order valence-electron chi connectivity index (χ1n) is 7.53. The van der Waals surface area contributed by atoms with E-state index in [2.05, 4.69) is 0 Å². The summed E-state index contributed by atoms with van der Waals surface area (Å²) in [6, 6.07) is 16.6. The number of anilines is 1. The van der Waals surface area contributed by atoms with Gasteiger partial charge >= 0.3 is 0 Å². The van der Waals surface area contributed by atoms with E-state index in [1.807, 2.05) is 30.3 Å². The highest BCUT2D eigenvalue weighted by Gasteiger charge is 2.43. The molecule has 0 fully saturated rings. The summed E-state index contributed by atoms with van der Waals surface area (Å²) in [6.07, 6.45) is -0.849. The fraction of sp³-hybridized carbons (Fsp3) is 0.167. The van der Waals surface area contributed by atoms with E-state index >= 15 is 0 Å². The number of amides is 1. The highest BCUT2D eigenvalue weighted by atomic mass is 32.1. The van der Waals surface area contributed by atoms with Crippen LogP contribution in [0.1, 0.15) is 22.8 Å². The Morgan fingerprint density at radius 3 is 2.42 bits per heavy atom. The molecule has 2 aromatic carbocycles. The molecule has 0 saturated carbocycles. The molecule has 0 saturated heterocycles. The molecule has 122 valence electrons. The van der Waals surface area contributed by atoms with Crippen LogP contribution in [0.25, 0.3) is 0 Å². The van der Waals surface area contributed by atoms with E-state index in [1.54, 1.807) is 29.2 Å². The van der Waals surface area contributed by atoms with Crippen molar-refractivity contribution in [3.8, 4) is 0 Å². The van der Waals surface area contributed by atoms with Gasteiger partial charge in [0.15, 0.2) is 11.3 Å². The molecular formula is C18H17N3O2S. The zero-order chi connectivity index (χ0) is 17.3. The number of carbonyl (C=O) groups is 2. The second kappa shape index (κ2) is 6.41. The van der Waals surface area contributed by atoms with E-state index in [-0.39, 0.29) is 16.8 Å². The molecule has 2 N–H and O–H groups in total. The number of fused-ring (bicyclic) bond motifs is 1. The molecule has 1 atom stereocenters. The number of thiocarbonyl (C=S) groups is 1. The molecule has 1 aliphatic heterocycles. The van der Waals surface area contributed by atoms with E-state index < -0.39 is 6.17 Å². The molecule has 24 heavy (non-hydrogen) atoms. The van der Waals surface area contributed by atoms with Crippen LogP contribution in [-0.2, 0) is 11.3 Å². The maximum Gasteiger partial charge on any atom is 0.225 e. The third-order valence-corrected chi connectivity index (χ3v) is 4.26. The van der Waals surface area contributed by atoms with E-state index in [0.717, 1.165) is 5.56 Å². The van der Waals surface area contributed by atoms with E-state index in [0.29, 0.717) is 17.8 Å². The Kier molecular flexibility index (Phi) is 4.31. The Balaban J connectivity index is 2.02. The van der Waals surface area contributed by atoms with Crippen molar-refractivity contribution in [2.45, 2.75) is 19.6 Å². The van der Waals surface area contributed by atoms with Crippen molar-refractivity contribution in [3.63, 3.8) is 0 Å². The fourth-order valence-electron chi connectivity index (χ4n) is 2.97. The van der Waals surface area contributed by atoms with Crippen LogP contribution < -0.4 is 10.6 Å². The number of hydrogen-bond donors (Lipinski definition) is 1. The maximum absolute atomic E-state index is 12.9. The average molecular weight is 339 g/mol. The largest absolute Gasteiger partial charge is 0.376 e. The number of Topliss-reactive ketones (excluding diaryl/α,β-unsaturated/α-hetero) is 1. The first-order valence-corrected chi connectivity index (χ1v) is 7.94. The quantitative estimate of drug-likeness (QED) is 0.869. The zero-order valence-corrected chi connectivity index (χ0v) is 14.0. The van der Waals surface area contributed by atoms with Gasteiger partial charge in [0.2, 0.25) is 11.7 Å². The molecule has 1 unspecified atom stereocenters. The van der Waals surface area contributed by atoms with Gasteiger partial charge in [-0.25, -0.2) is 0 Å². The highest BCUT2D eigenvalue weighted by molar-refractivity contribution is 7.80. The molecular weight excluding hydrogens is 322 g/mol. The van der Waals surface area contributed by atoms with E-state index in [1.165, 1.54) is 11.8 Å². The number of para-hydroxylation sites is 1. The average Bonchev–Trinajstić information content (AvgIpc) is 2.86. The Morgan fingerprint density at radius 2 is 1.79 bits per heavy atom. The summed E-state index contributed by atoms with van der Waals surface area (Å²) in [5.41, 5.74) is 7.95. The minimum absolute atomic E-state index is 0.0799. The van der Waals surface area contributed by atoms with Crippen LogP contribution in [-0.4, -0.2) is 27.9 Å². The minimum atomic E-state index is -0.849. The Labute approximate surface area is 145 Å². The van der Waals surface area contributed by atoms with Crippen molar-refractivity contribution in [2.24, 2.45) is 5.73 Å². The van der Waals surface area contributed by atoms with Gasteiger partial charge in [0.1, 0.15) is 0 Å². The van der Waals surface area contributed by atoms with Crippen LogP contribution in [0, 0.1) is 0 Å². The normalized spacial score (nSPS) is 16.0. The molecule has 0 aliphatic carbocycles. The Hall–Kier alpha value is -2.73. The third-order valence-electron chi connectivity index (χ3n) is 4.02. The van der Waals surface area contributed by atoms with Crippen LogP contribution >= 0.6 is 12.2 Å². The van der Waals surface area contributed by atoms with Crippen molar-refractivity contribution >= 4 is 34.7 Å². The third kappa shape index (κ3) is 2.76. The molecule has 1 heterocycles. The molecule has 0 radical (unpaired) electrons. The van der Waals surface area contributed by atoms with Gasteiger partial charge in [-0.05, 0) is 29.9 Å². The summed E-state index contributed by atoms with van der Waals surface area (Å²) in [6.45, 7) is 1.78. The van der Waals surface area contributed by atoms with Gasteiger partial charge in [-0.1, -0.05) is 42.5 Å². The van der Waals surface area contributed by atoms with Gasteiger partial charge < -0.3 is 10.6 Å². The highest BCUT2D eigenvalue weighted by Crippen LogP contribution is 2.34. The van der Waals surface area contributed by atoms with E-state index in [4.69, 9.17) is 18.0 Å². The summed E-state index contributed by atoms with van der Waals surface area (Å²) in [5.74, 6) is -0.405. The number of rotatable bonds is 3. The molecule has 0 aromatic heterocycles. The number of nitrogens with zero attached hydrogens (tertiary/aromatic N) is 2. The Morgan fingerprint density at radius 1 is 1.17 bits per heavy atom. The number of nitrogens with two attached hydrogens (primary N) is 1. The SMILES string of the molecule is CC(=O)N1c2ccccc2C(=O)C1N(Cc1ccccc1)C(N)=S. The van der Waals surface area contributed by atoms with Crippen LogP contribution in [0.15, 0.2) is 54.6 Å². The van der Waals surface area contributed by atoms with Crippen molar-refractivity contribution in [1.82, 2.24) is 4.90 Å². The molecule has 6 heteroatoms. The second-order valence-electron chi connectivity index (χ2n) is 5.60. The topological polar surface area (TPSA) is 66.6 Å². The zero-order valence-electron chi connectivity index (χ0n) is 13.2. The summed E-state index contributed by atoms with van der Waals surface area (Å²) in [5, 5.41) is 0.0799. The second-order valence-corrected chi connectivity index (χ2v) is 6.01. The number of ketones is 1. The lowest BCUT2D eigenvalue weighted by Gasteiger charge is -2.34. The summed E-state index contributed by atoms with van der Waals surface area (Å²) in [4.78, 5) is 28.2. The lowest BCUT2D eigenvalue weighted by Crippen LogP contribution is -2.54. The van der Waals surface area contributed by atoms with Gasteiger partial charge in [-0.15, -0.1) is 0 Å². The molecule has 3 rings (SSSR count). The van der Waals surface area contributed by atoms with Crippen LogP contribution in [0.5, 0.6) is 0 Å². The van der Waals surface area contributed by atoms with Gasteiger partial charge in [0, 0.05) is 19.0 Å². The minimum Gasteiger partial charge on any atom is -0.376 e. The van der Waals surface area contributed by atoms with Crippen LogP contribution in [0.2, 0.25) is 0 Å². The summed E-state index contributed by atoms with van der Waals surface area (Å²) in [7, 11) is 0. The Bertz CT molecular complexity index is 807. The monoisotopic (exact) mass is 339 g/mol. The van der Waals surface area contributed by atoms with Gasteiger partial charge in [0.05, 0.1) is 5.69 Å². The first kappa shape index (κ1) is 16.1. The molecule has 2 aromatic rings. The van der Waals surface area contributed by atoms with Crippen molar-refractivity contribution < 1.29 is 9.59 Å². The lowest BCUT2D eigenvalue weighted by molar-refractivity contribution is -0.117. The standard InChI is InChI=1S/C18H17N3O2S/c1-12(22)21-15-10-6-5-9-14(15)16(23)17(21)20(18(19)24)11-13-7-3-2-4-8-13/h2-10,17H,11H2,1H3,(H2,19,24). The lowest BCUT2D eigenvalue weighted by atomic mass is 10.1. The molecule has 5 nitrogen and oxygen atoms in total. The van der Waals surface area contributed by atoms with Crippen LogP contribution in [0.3, 0.4) is 0 Å². The predicted octanol–water partition coefficient (Wildman–Crippen LogP) is 2.31. The summed E-state index contributed by atoms with van der Waals surface area (Å²) >= 11 is 5.17. The summed E-state index contributed by atoms with van der Waals surface area (Å²) < 4.78 is 0. The maximum atomic E-state index is 12.9. The van der Waals surface area contributed by atoms with Gasteiger partial charge in [-0.3, -0.25) is 14.5 Å². The van der Waals surface area contributed by atoms with Crippen molar-refractivity contribution in [1.29, 1.82) is 0 Å². The smallest absolute Gasteiger partial charge is 0.225 e. The van der Waals surface area contributed by atoms with Gasteiger partial charge in [0.25, 0.3) is 0 Å². The number of carbonyl (C=O) groups excluding carboxylic acids is 2. The van der Waals surface area contributed by atoms with Crippen LogP contribution in [0.4, 0.5) is 5.69 Å².